The Balaban J connectivity index is 1.26. The number of piperidine rings is 1. The Bertz CT molecular complexity index is 1560. The predicted molar refractivity (Wildman–Crippen MR) is 148 cm³/mol. The van der Waals surface area contributed by atoms with Gasteiger partial charge in [-0.25, -0.2) is 0 Å². The number of carbonyl (C=O) groups is 1. The maximum atomic E-state index is 13.4. The fraction of sp³-hybridized carbons (Fsp3) is 0.516. The number of nitrogens with zero attached hydrogens (tertiary/aromatic N) is 3. The van der Waals surface area contributed by atoms with Crippen molar-refractivity contribution in [3.05, 3.63) is 68.8 Å². The number of phenols is 1. The zero-order valence-corrected chi connectivity index (χ0v) is 23.5. The number of alkyl halides is 3. The summed E-state index contributed by atoms with van der Waals surface area (Å²) < 4.78 is 45.9. The van der Waals surface area contributed by atoms with E-state index in [1.165, 1.54) is 29.2 Å². The molecule has 0 radical (unpaired) electrons. The number of phenolic OH excluding ortho intramolecular Hbond substituents is 1. The SMILES string of the molecule is CN(C(=O)C=Cc1cccc(C(F)(F)F)c1)[C@@H]1CC[C@@]2(O)[C@H]3Cc4c([N+](=O)[O-])cc(O)c5c4[C@@]2(CCN3CC2CC2)[C@H]1O5. The number of benzene rings is 2. The minimum atomic E-state index is -4.51. The van der Waals surface area contributed by atoms with Crippen molar-refractivity contribution in [2.45, 2.75) is 73.9 Å². The van der Waals surface area contributed by atoms with E-state index in [4.69, 9.17) is 4.74 Å². The van der Waals surface area contributed by atoms with E-state index in [1.54, 1.807) is 7.05 Å². The maximum Gasteiger partial charge on any atom is 0.416 e. The predicted octanol–water partition coefficient (Wildman–Crippen LogP) is 4.42. The lowest BCUT2D eigenvalue weighted by molar-refractivity contribution is -0.386. The fourth-order valence-corrected chi connectivity index (χ4v) is 8.35. The second-order valence-corrected chi connectivity index (χ2v) is 12.7. The molecule has 5 aliphatic rings. The molecule has 2 N–H and O–H groups in total. The molecule has 2 aromatic carbocycles. The van der Waals surface area contributed by atoms with Crippen LogP contribution in [0.4, 0.5) is 18.9 Å². The third-order valence-corrected chi connectivity index (χ3v) is 10.5. The first-order valence-corrected chi connectivity index (χ1v) is 14.6. The van der Waals surface area contributed by atoms with Gasteiger partial charge in [0.15, 0.2) is 11.5 Å². The molecule has 0 aromatic heterocycles. The molecular formula is C31H32F3N3O6. The molecule has 1 saturated heterocycles. The number of amides is 1. The van der Waals surface area contributed by atoms with E-state index in [-0.39, 0.29) is 35.2 Å². The van der Waals surface area contributed by atoms with Gasteiger partial charge in [-0.1, -0.05) is 12.1 Å². The Morgan fingerprint density at radius 3 is 2.72 bits per heavy atom. The van der Waals surface area contributed by atoms with Crippen LogP contribution in [0.25, 0.3) is 6.08 Å². The molecular weight excluding hydrogens is 567 g/mol. The second-order valence-electron chi connectivity index (χ2n) is 12.7. The molecule has 2 heterocycles. The van der Waals surface area contributed by atoms with Crippen LogP contribution in [0.3, 0.4) is 0 Å². The summed E-state index contributed by atoms with van der Waals surface area (Å²) in [6.45, 7) is 1.45. The van der Waals surface area contributed by atoms with Crippen LogP contribution in [0.5, 0.6) is 11.5 Å². The molecule has 7 rings (SSSR count). The van der Waals surface area contributed by atoms with Crippen molar-refractivity contribution in [3.8, 4) is 11.5 Å². The van der Waals surface area contributed by atoms with Gasteiger partial charge in [0.25, 0.3) is 5.69 Å². The molecule has 2 aliphatic heterocycles. The average molecular weight is 600 g/mol. The van der Waals surface area contributed by atoms with Gasteiger partial charge in [0.2, 0.25) is 5.91 Å². The summed E-state index contributed by atoms with van der Waals surface area (Å²) in [7, 11) is 1.59. The molecule has 1 spiro atoms. The molecule has 3 aliphatic carbocycles. The molecule has 5 atom stereocenters. The van der Waals surface area contributed by atoms with Crippen LogP contribution in [0.1, 0.15) is 54.4 Å². The Labute approximate surface area is 245 Å². The van der Waals surface area contributed by atoms with Crippen molar-refractivity contribution in [3.63, 3.8) is 0 Å². The number of likely N-dealkylation sites (N-methyl/N-ethyl adjacent to an activating group) is 1. The third kappa shape index (κ3) is 4.09. The molecule has 0 unspecified atom stereocenters. The Hall–Kier alpha value is -3.64. The average Bonchev–Trinajstić information content (AvgIpc) is 3.70. The lowest BCUT2D eigenvalue weighted by Gasteiger charge is -2.64. The first-order valence-electron chi connectivity index (χ1n) is 14.6. The van der Waals surface area contributed by atoms with Crippen LogP contribution in [0.2, 0.25) is 0 Å². The topological polar surface area (TPSA) is 116 Å². The summed E-state index contributed by atoms with van der Waals surface area (Å²) in [6.07, 6.45) is 0.894. The number of carbonyl (C=O) groups excluding carboxylic acids is 1. The number of nitro groups is 1. The van der Waals surface area contributed by atoms with Crippen molar-refractivity contribution < 1.29 is 37.8 Å². The smallest absolute Gasteiger partial charge is 0.416 e. The second kappa shape index (κ2) is 9.43. The van der Waals surface area contributed by atoms with Crippen molar-refractivity contribution >= 4 is 17.7 Å². The molecule has 9 nitrogen and oxygen atoms in total. The number of aromatic hydroxyl groups is 1. The first-order chi connectivity index (χ1) is 20.3. The van der Waals surface area contributed by atoms with Gasteiger partial charge < -0.3 is 19.8 Å². The molecule has 2 bridgehead atoms. The number of hydrogen-bond donors (Lipinski definition) is 2. The monoisotopic (exact) mass is 599 g/mol. The Morgan fingerprint density at radius 2 is 2.02 bits per heavy atom. The highest BCUT2D eigenvalue weighted by molar-refractivity contribution is 5.92. The number of rotatable bonds is 6. The summed E-state index contributed by atoms with van der Waals surface area (Å²) in [5, 5.41) is 35.7. The van der Waals surface area contributed by atoms with E-state index >= 15 is 0 Å². The van der Waals surface area contributed by atoms with E-state index in [0.717, 1.165) is 37.6 Å². The zero-order chi connectivity index (χ0) is 30.5. The molecule has 2 saturated carbocycles. The summed E-state index contributed by atoms with van der Waals surface area (Å²) >= 11 is 0. The van der Waals surface area contributed by atoms with Crippen LogP contribution >= 0.6 is 0 Å². The van der Waals surface area contributed by atoms with E-state index in [9.17, 15) is 38.3 Å². The molecule has 1 amide bonds. The first kappa shape index (κ1) is 28.1. The lowest BCUT2D eigenvalue weighted by atomic mass is 9.48. The highest BCUT2D eigenvalue weighted by atomic mass is 19.4. The minimum absolute atomic E-state index is 0.130. The van der Waals surface area contributed by atoms with Crippen molar-refractivity contribution in [2.24, 2.45) is 5.92 Å². The summed E-state index contributed by atoms with van der Waals surface area (Å²) in [5.41, 5.74) is -2.21. The summed E-state index contributed by atoms with van der Waals surface area (Å²) in [4.78, 5) is 28.8. The van der Waals surface area contributed by atoms with Crippen LogP contribution < -0.4 is 4.74 Å². The van der Waals surface area contributed by atoms with Crippen LogP contribution in [-0.4, -0.2) is 74.8 Å². The van der Waals surface area contributed by atoms with Gasteiger partial charge in [0, 0.05) is 36.8 Å². The number of aliphatic hydroxyl groups is 1. The molecule has 43 heavy (non-hydrogen) atoms. The fourth-order valence-electron chi connectivity index (χ4n) is 8.35. The quantitative estimate of drug-likeness (QED) is 0.287. The van der Waals surface area contributed by atoms with E-state index < -0.39 is 45.7 Å². The van der Waals surface area contributed by atoms with Gasteiger partial charge >= 0.3 is 6.18 Å². The maximum absolute atomic E-state index is 13.4. The number of likely N-dealkylation sites (tertiary alicyclic amines) is 1. The standard InChI is InChI=1S/C31H32F3N3O6/c1-35(25(39)8-7-17-3-2-4-19(13-17)31(32,33)34)21-9-10-30(40)24-14-20-22(37(41)42)15-23(38)27-26(20)29(30,28(21)43-27)11-12-36(24)16-18-5-6-18/h2-4,7-8,13,15,18,21,24,28,38,40H,5-6,9-12,14,16H2,1H3/t21-,24-,28+,29+,30-/m1/s1. The van der Waals surface area contributed by atoms with E-state index in [0.29, 0.717) is 42.9 Å². The summed E-state index contributed by atoms with van der Waals surface area (Å²) in [6, 6.07) is 4.86. The van der Waals surface area contributed by atoms with Crippen LogP contribution in [0.15, 0.2) is 36.4 Å². The van der Waals surface area contributed by atoms with Crippen molar-refractivity contribution in [1.82, 2.24) is 9.80 Å². The largest absolute Gasteiger partial charge is 0.504 e. The van der Waals surface area contributed by atoms with Crippen molar-refractivity contribution in [1.29, 1.82) is 0 Å². The van der Waals surface area contributed by atoms with E-state index in [2.05, 4.69) is 4.90 Å². The van der Waals surface area contributed by atoms with Crippen molar-refractivity contribution in [2.75, 3.05) is 20.1 Å². The van der Waals surface area contributed by atoms with Gasteiger partial charge in [0.05, 0.1) is 33.6 Å². The Kier molecular flexibility index (Phi) is 6.17. The van der Waals surface area contributed by atoms with E-state index in [1.807, 2.05) is 0 Å². The van der Waals surface area contributed by atoms with Gasteiger partial charge in [-0.15, -0.1) is 0 Å². The van der Waals surface area contributed by atoms with Gasteiger partial charge in [-0.05, 0) is 74.8 Å². The highest BCUT2D eigenvalue weighted by Crippen LogP contribution is 2.67. The summed E-state index contributed by atoms with van der Waals surface area (Å²) in [5.74, 6) is -0.153. The minimum Gasteiger partial charge on any atom is -0.504 e. The van der Waals surface area contributed by atoms with Gasteiger partial charge in [-0.3, -0.25) is 19.8 Å². The normalized spacial score (nSPS) is 31.0. The number of halogens is 3. The lowest BCUT2D eigenvalue weighted by Crippen LogP contribution is -2.78. The van der Waals surface area contributed by atoms with Crippen LogP contribution in [-0.2, 0) is 22.8 Å². The molecule has 2 aromatic rings. The third-order valence-electron chi connectivity index (χ3n) is 10.5. The Morgan fingerprint density at radius 1 is 1.26 bits per heavy atom. The highest BCUT2D eigenvalue weighted by Gasteiger charge is 2.74. The zero-order valence-electron chi connectivity index (χ0n) is 23.5. The van der Waals surface area contributed by atoms with Gasteiger partial charge in [-0.2, -0.15) is 13.2 Å². The number of hydrogen-bond acceptors (Lipinski definition) is 7. The van der Waals surface area contributed by atoms with Gasteiger partial charge in [0.1, 0.15) is 6.10 Å². The number of ether oxygens (including phenoxy) is 1. The molecule has 3 fully saturated rings. The van der Waals surface area contributed by atoms with Crippen LogP contribution in [0, 0.1) is 16.0 Å². The number of nitro benzene ring substituents is 1. The molecule has 228 valence electrons. The molecule has 12 heteroatoms.